The number of nitrogens with one attached hydrogen (secondary N) is 2. The van der Waals surface area contributed by atoms with E-state index in [1.165, 1.54) is 11.3 Å². The summed E-state index contributed by atoms with van der Waals surface area (Å²) < 4.78 is 1.94. The molecular weight excluding hydrogens is 276 g/mol. The summed E-state index contributed by atoms with van der Waals surface area (Å²) in [6, 6.07) is -0.0404. The minimum absolute atomic E-state index is 0.0404. The predicted octanol–water partition coefficient (Wildman–Crippen LogP) is 1.41. The number of aliphatic hydroxyl groups is 1. The Kier molecular flexibility index (Phi) is 3.19. The molecule has 0 amide bonds. The smallest absolute Gasteiger partial charge is 0.185 e. The average Bonchev–Trinajstić information content (AvgIpc) is 3.00. The van der Waals surface area contributed by atoms with E-state index in [9.17, 15) is 0 Å². The number of anilines is 2. The third-order valence-corrected chi connectivity index (χ3v) is 3.97. The summed E-state index contributed by atoms with van der Waals surface area (Å²) >= 11 is 1.47. The van der Waals surface area contributed by atoms with Crippen LogP contribution in [0.1, 0.15) is 6.92 Å². The molecular formula is C12H16N6OS. The van der Waals surface area contributed by atoms with Gasteiger partial charge in [-0.25, -0.2) is 15.0 Å². The highest BCUT2D eigenvalue weighted by molar-refractivity contribution is 7.22. The first kappa shape index (κ1) is 13.1. The maximum atomic E-state index is 9.11. The quantitative estimate of drug-likeness (QED) is 0.674. The Hall–Kier alpha value is -1.93. The molecule has 3 N–H and O–H groups in total. The third kappa shape index (κ3) is 1.97. The van der Waals surface area contributed by atoms with Crippen molar-refractivity contribution in [2.24, 2.45) is 7.05 Å². The summed E-state index contributed by atoms with van der Waals surface area (Å²) in [5, 5.41) is 16.1. The van der Waals surface area contributed by atoms with E-state index in [1.807, 2.05) is 25.6 Å². The van der Waals surface area contributed by atoms with Gasteiger partial charge in [-0.2, -0.15) is 0 Å². The van der Waals surface area contributed by atoms with Crippen LogP contribution in [-0.4, -0.2) is 44.3 Å². The molecule has 1 unspecified atom stereocenters. The third-order valence-electron chi connectivity index (χ3n) is 3.09. The van der Waals surface area contributed by atoms with Crippen molar-refractivity contribution in [1.82, 2.24) is 19.5 Å². The molecule has 8 heteroatoms. The van der Waals surface area contributed by atoms with Crippen LogP contribution in [0.2, 0.25) is 0 Å². The number of hydrogen-bond donors (Lipinski definition) is 3. The number of imidazole rings is 1. The topological polar surface area (TPSA) is 87.9 Å². The number of aryl methyl sites for hydroxylation is 1. The van der Waals surface area contributed by atoms with Crippen molar-refractivity contribution in [3.05, 3.63) is 6.33 Å². The van der Waals surface area contributed by atoms with Gasteiger partial charge >= 0.3 is 0 Å². The van der Waals surface area contributed by atoms with Crippen molar-refractivity contribution in [1.29, 1.82) is 0 Å². The lowest BCUT2D eigenvalue weighted by Gasteiger charge is -2.07. The summed E-state index contributed by atoms with van der Waals surface area (Å²) in [4.78, 5) is 14.4. The van der Waals surface area contributed by atoms with Crippen LogP contribution in [-0.2, 0) is 7.05 Å². The number of thiazole rings is 1. The molecule has 0 saturated heterocycles. The molecule has 3 aromatic rings. The monoisotopic (exact) mass is 292 g/mol. The van der Waals surface area contributed by atoms with E-state index in [2.05, 4.69) is 25.6 Å². The van der Waals surface area contributed by atoms with Gasteiger partial charge in [-0.05, 0) is 6.92 Å². The first-order chi connectivity index (χ1) is 9.63. The minimum atomic E-state index is -0.0404. The van der Waals surface area contributed by atoms with Gasteiger partial charge in [0.15, 0.2) is 10.9 Å². The predicted molar refractivity (Wildman–Crippen MR) is 81.4 cm³/mol. The van der Waals surface area contributed by atoms with E-state index in [0.29, 0.717) is 0 Å². The molecule has 0 aliphatic rings. The molecule has 0 radical (unpaired) electrons. The zero-order chi connectivity index (χ0) is 14.3. The summed E-state index contributed by atoms with van der Waals surface area (Å²) in [6.07, 6.45) is 1.76. The molecule has 0 fully saturated rings. The van der Waals surface area contributed by atoms with Crippen molar-refractivity contribution in [2.45, 2.75) is 13.0 Å². The van der Waals surface area contributed by atoms with E-state index in [-0.39, 0.29) is 12.6 Å². The first-order valence-electron chi connectivity index (χ1n) is 6.30. The fourth-order valence-corrected chi connectivity index (χ4v) is 3.03. The molecule has 20 heavy (non-hydrogen) atoms. The van der Waals surface area contributed by atoms with Crippen molar-refractivity contribution in [3.63, 3.8) is 0 Å². The summed E-state index contributed by atoms with van der Waals surface area (Å²) in [5.74, 6) is 0.749. The second-order valence-corrected chi connectivity index (χ2v) is 5.64. The number of aliphatic hydroxyl groups excluding tert-OH is 1. The van der Waals surface area contributed by atoms with E-state index in [4.69, 9.17) is 5.11 Å². The molecule has 7 nitrogen and oxygen atoms in total. The fraction of sp³-hybridized carbons (Fsp3) is 0.417. The lowest BCUT2D eigenvalue weighted by atomic mass is 10.3. The van der Waals surface area contributed by atoms with Crippen molar-refractivity contribution >= 4 is 43.7 Å². The zero-order valence-electron chi connectivity index (χ0n) is 11.5. The summed E-state index contributed by atoms with van der Waals surface area (Å²) in [7, 11) is 3.77. The first-order valence-corrected chi connectivity index (χ1v) is 7.12. The van der Waals surface area contributed by atoms with Gasteiger partial charge in [0.25, 0.3) is 0 Å². The van der Waals surface area contributed by atoms with Crippen LogP contribution in [0.15, 0.2) is 6.33 Å². The number of nitrogens with zero attached hydrogens (tertiary/aromatic N) is 4. The molecule has 0 aliphatic heterocycles. The van der Waals surface area contributed by atoms with E-state index < -0.39 is 0 Å². The molecule has 0 spiro atoms. The van der Waals surface area contributed by atoms with E-state index >= 15 is 0 Å². The fourth-order valence-electron chi connectivity index (χ4n) is 2.07. The Bertz CT molecular complexity index is 764. The normalized spacial score (nSPS) is 13.0. The lowest BCUT2D eigenvalue weighted by Crippen LogP contribution is -2.18. The highest BCUT2D eigenvalue weighted by Gasteiger charge is 2.16. The molecule has 1 atom stereocenters. The van der Waals surface area contributed by atoms with Crippen molar-refractivity contribution < 1.29 is 5.11 Å². The molecule has 3 rings (SSSR count). The Morgan fingerprint density at radius 2 is 2.20 bits per heavy atom. The second-order valence-electron chi connectivity index (χ2n) is 4.66. The average molecular weight is 292 g/mol. The van der Waals surface area contributed by atoms with Gasteiger partial charge in [-0.15, -0.1) is 0 Å². The van der Waals surface area contributed by atoms with Crippen LogP contribution < -0.4 is 10.6 Å². The molecule has 0 aliphatic carbocycles. The molecule has 3 heterocycles. The van der Waals surface area contributed by atoms with Gasteiger partial charge in [-0.1, -0.05) is 11.3 Å². The number of fused-ring (bicyclic) bond motifs is 3. The molecule has 3 aromatic heterocycles. The Labute approximate surface area is 119 Å². The van der Waals surface area contributed by atoms with E-state index in [0.717, 1.165) is 32.3 Å². The summed E-state index contributed by atoms with van der Waals surface area (Å²) in [6.45, 7) is 1.96. The van der Waals surface area contributed by atoms with Gasteiger partial charge in [0.1, 0.15) is 21.4 Å². The largest absolute Gasteiger partial charge is 0.394 e. The van der Waals surface area contributed by atoms with Gasteiger partial charge < -0.3 is 20.3 Å². The highest BCUT2D eigenvalue weighted by Crippen LogP contribution is 2.33. The standard InChI is InChI=1S/C12H16N6OS/c1-6(4-19)15-12-16-8-9-7(14-5-18(9)3)10(13-2)17-11(8)20-12/h5-6,19H,4H2,1-3H3,(H,13,17)(H,15,16). The SMILES string of the molecule is CNc1nc2sc(NC(C)CO)nc2c2c1ncn2C. The maximum Gasteiger partial charge on any atom is 0.185 e. The number of pyridine rings is 1. The molecule has 0 bridgehead atoms. The van der Waals surface area contributed by atoms with Crippen LogP contribution in [0.4, 0.5) is 10.9 Å². The van der Waals surface area contributed by atoms with Crippen LogP contribution in [0.5, 0.6) is 0 Å². The Morgan fingerprint density at radius 1 is 1.40 bits per heavy atom. The van der Waals surface area contributed by atoms with Crippen LogP contribution in [0, 0.1) is 0 Å². The highest BCUT2D eigenvalue weighted by atomic mass is 32.1. The second kappa shape index (κ2) is 4.88. The Morgan fingerprint density at radius 3 is 2.90 bits per heavy atom. The van der Waals surface area contributed by atoms with Gasteiger partial charge in [0.2, 0.25) is 0 Å². The number of aromatic nitrogens is 4. The Balaban J connectivity index is 2.22. The molecule has 0 saturated carbocycles. The van der Waals surface area contributed by atoms with Gasteiger partial charge in [0.05, 0.1) is 12.9 Å². The number of hydrogen-bond acceptors (Lipinski definition) is 7. The summed E-state index contributed by atoms with van der Waals surface area (Å²) in [5.41, 5.74) is 2.60. The van der Waals surface area contributed by atoms with Crippen LogP contribution >= 0.6 is 11.3 Å². The van der Waals surface area contributed by atoms with Gasteiger partial charge in [-0.3, -0.25) is 0 Å². The van der Waals surface area contributed by atoms with Crippen LogP contribution in [0.3, 0.4) is 0 Å². The number of rotatable bonds is 4. The maximum absolute atomic E-state index is 9.11. The zero-order valence-corrected chi connectivity index (χ0v) is 12.3. The van der Waals surface area contributed by atoms with Crippen molar-refractivity contribution in [3.8, 4) is 0 Å². The van der Waals surface area contributed by atoms with Crippen molar-refractivity contribution in [2.75, 3.05) is 24.3 Å². The van der Waals surface area contributed by atoms with Crippen LogP contribution in [0.25, 0.3) is 21.4 Å². The lowest BCUT2D eigenvalue weighted by molar-refractivity contribution is 0.281. The molecule has 0 aromatic carbocycles. The molecule has 106 valence electrons. The minimum Gasteiger partial charge on any atom is -0.394 e. The van der Waals surface area contributed by atoms with Gasteiger partial charge in [0, 0.05) is 20.1 Å². The van der Waals surface area contributed by atoms with E-state index in [1.54, 1.807) is 6.33 Å².